The Morgan fingerprint density at radius 3 is 2.41 bits per heavy atom. The molecule has 0 unspecified atom stereocenters. The highest BCUT2D eigenvalue weighted by atomic mass is 35.5. The normalized spacial score (nSPS) is 17.5. The topological polar surface area (TPSA) is 115 Å². The molecule has 46 heavy (non-hydrogen) atoms. The van der Waals surface area contributed by atoms with E-state index >= 15 is 0 Å². The molecule has 1 fully saturated rings. The van der Waals surface area contributed by atoms with Crippen molar-refractivity contribution in [2.75, 3.05) is 12.4 Å². The van der Waals surface area contributed by atoms with Crippen LogP contribution in [0.25, 0.3) is 16.6 Å². The third-order valence-electron chi connectivity index (χ3n) is 7.65. The van der Waals surface area contributed by atoms with Crippen LogP contribution in [-0.2, 0) is 10.9 Å². The van der Waals surface area contributed by atoms with E-state index in [9.17, 15) is 18.0 Å². The molecule has 5 rings (SSSR count). The Bertz CT molecular complexity index is 1760. The molecule has 0 aliphatic heterocycles. The number of methoxy groups -OCH3 is 1. The van der Waals surface area contributed by atoms with Gasteiger partial charge in [0.05, 0.1) is 46.3 Å². The molecule has 0 bridgehead atoms. The summed E-state index contributed by atoms with van der Waals surface area (Å²) in [5, 5.41) is 11.4. The average molecular weight is 657 g/mol. The lowest BCUT2D eigenvalue weighted by Gasteiger charge is -2.31. The first-order valence-corrected chi connectivity index (χ1v) is 15.2. The summed E-state index contributed by atoms with van der Waals surface area (Å²) in [6.45, 7) is 5.44. The molecule has 2 aromatic carbocycles. The van der Waals surface area contributed by atoms with Crippen LogP contribution in [0.4, 0.5) is 29.3 Å². The van der Waals surface area contributed by atoms with Gasteiger partial charge in [0.1, 0.15) is 17.2 Å². The summed E-state index contributed by atoms with van der Waals surface area (Å²) < 4.78 is 54.4. The number of aliphatic imine (C=N–C) groups is 1. The third kappa shape index (κ3) is 7.67. The second-order valence-electron chi connectivity index (χ2n) is 12.2. The van der Waals surface area contributed by atoms with Crippen molar-refractivity contribution in [1.29, 1.82) is 0 Å². The highest BCUT2D eigenvalue weighted by Gasteiger charge is 2.35. The van der Waals surface area contributed by atoms with Gasteiger partial charge in [-0.15, -0.1) is 0 Å². The maximum atomic E-state index is 14.1. The van der Waals surface area contributed by atoms with Crippen molar-refractivity contribution in [1.82, 2.24) is 14.9 Å². The highest BCUT2D eigenvalue weighted by molar-refractivity contribution is 6.33. The molecule has 2 heterocycles. The number of benzene rings is 2. The standard InChI is InChI=1S/C33H36ClF3N6O3/c1-32(2,3)46-31(44)41-21-11-9-20(10-12-21)40-29-24(30(38)42-27-8-6-5-7-26(27)34)17-39-43-18-19(15-28(29)43)23-14-13-22(45-4)16-25(23)33(35,36)37/h5-8,13-18,20-21,40H,9-12H2,1-4H3,(H2,38,42)(H,41,44). The largest absolute Gasteiger partial charge is 0.497 e. The Morgan fingerprint density at radius 1 is 1.07 bits per heavy atom. The smallest absolute Gasteiger partial charge is 0.417 e. The second kappa shape index (κ2) is 13.1. The van der Waals surface area contributed by atoms with Crippen LogP contribution in [-0.4, -0.2) is 46.3 Å². The summed E-state index contributed by atoms with van der Waals surface area (Å²) in [6, 6.07) is 12.4. The molecular formula is C33H36ClF3N6O3. The van der Waals surface area contributed by atoms with E-state index in [1.54, 1.807) is 36.5 Å². The number of rotatable bonds is 7. The number of fused-ring (bicyclic) bond motifs is 1. The van der Waals surface area contributed by atoms with Gasteiger partial charge in [0.2, 0.25) is 0 Å². The lowest BCUT2D eigenvalue weighted by Crippen LogP contribution is -2.42. The predicted octanol–water partition coefficient (Wildman–Crippen LogP) is 7.97. The summed E-state index contributed by atoms with van der Waals surface area (Å²) in [5.74, 6) is 0.233. The number of alkyl halides is 3. The van der Waals surface area contributed by atoms with Gasteiger partial charge >= 0.3 is 12.3 Å². The number of amides is 1. The van der Waals surface area contributed by atoms with Gasteiger partial charge in [0, 0.05) is 23.8 Å². The van der Waals surface area contributed by atoms with E-state index in [-0.39, 0.29) is 29.2 Å². The van der Waals surface area contributed by atoms with Crippen LogP contribution < -0.4 is 21.1 Å². The number of hydrogen-bond acceptors (Lipinski definition) is 6. The van der Waals surface area contributed by atoms with Crippen molar-refractivity contribution in [2.45, 2.75) is 70.3 Å². The van der Waals surface area contributed by atoms with Crippen LogP contribution in [0.5, 0.6) is 5.75 Å². The summed E-state index contributed by atoms with van der Waals surface area (Å²) in [4.78, 5) is 16.9. The molecule has 1 aliphatic rings. The average Bonchev–Trinajstić information content (AvgIpc) is 3.42. The monoisotopic (exact) mass is 656 g/mol. The Kier molecular flexibility index (Phi) is 9.39. The number of hydrogen-bond donors (Lipinski definition) is 3. The number of aromatic nitrogens is 2. The van der Waals surface area contributed by atoms with Crippen molar-refractivity contribution in [3.8, 4) is 16.9 Å². The van der Waals surface area contributed by atoms with E-state index in [0.717, 1.165) is 6.07 Å². The van der Waals surface area contributed by atoms with E-state index in [1.165, 1.54) is 30.0 Å². The quantitative estimate of drug-likeness (QED) is 0.137. The fourth-order valence-electron chi connectivity index (χ4n) is 5.48. The van der Waals surface area contributed by atoms with E-state index in [4.69, 9.17) is 26.8 Å². The minimum Gasteiger partial charge on any atom is -0.497 e. The summed E-state index contributed by atoms with van der Waals surface area (Å²) in [7, 11) is 1.32. The maximum Gasteiger partial charge on any atom is 0.417 e. The number of carbonyl (C=O) groups is 1. The Hall–Kier alpha value is -4.45. The van der Waals surface area contributed by atoms with Crippen LogP contribution in [0.1, 0.15) is 57.6 Å². The number of para-hydroxylation sites is 1. The summed E-state index contributed by atoms with van der Waals surface area (Å²) in [5.41, 5.74) is 7.42. The van der Waals surface area contributed by atoms with Gasteiger partial charge in [-0.3, -0.25) is 0 Å². The molecule has 1 amide bonds. The number of carbonyl (C=O) groups excluding carboxylic acids is 1. The number of halogens is 4. The Balaban J connectivity index is 1.51. The van der Waals surface area contributed by atoms with Crippen LogP contribution >= 0.6 is 11.6 Å². The van der Waals surface area contributed by atoms with E-state index in [2.05, 4.69) is 20.7 Å². The lowest BCUT2D eigenvalue weighted by atomic mass is 9.91. The van der Waals surface area contributed by atoms with Gasteiger partial charge in [-0.25, -0.2) is 14.3 Å². The maximum absolute atomic E-state index is 14.1. The SMILES string of the molecule is COc1ccc(-c2cc3c(NC4CCC(NC(=O)OC(C)(C)C)CC4)c(C(N)=Nc4ccccc4Cl)cnn3c2)c(C(F)(F)F)c1. The zero-order valence-corrected chi connectivity index (χ0v) is 26.7. The number of nitrogens with one attached hydrogen (secondary N) is 2. The molecule has 0 atom stereocenters. The number of anilines is 1. The number of nitrogens with two attached hydrogens (primary N) is 1. The highest BCUT2D eigenvalue weighted by Crippen LogP contribution is 2.41. The van der Waals surface area contributed by atoms with Crippen molar-refractivity contribution < 1.29 is 27.4 Å². The van der Waals surface area contributed by atoms with Gasteiger partial charge in [0.15, 0.2) is 0 Å². The van der Waals surface area contributed by atoms with Gasteiger partial charge in [-0.05, 0) is 82.3 Å². The molecule has 244 valence electrons. The first-order valence-electron chi connectivity index (χ1n) is 14.8. The van der Waals surface area contributed by atoms with Crippen LogP contribution in [0, 0.1) is 0 Å². The minimum absolute atomic E-state index is 0.0160. The van der Waals surface area contributed by atoms with Crippen molar-refractivity contribution >= 4 is 40.4 Å². The number of ether oxygens (including phenoxy) is 2. The van der Waals surface area contributed by atoms with Crippen molar-refractivity contribution in [2.24, 2.45) is 10.7 Å². The van der Waals surface area contributed by atoms with Crippen LogP contribution in [0.15, 0.2) is 65.9 Å². The molecule has 1 aliphatic carbocycles. The zero-order valence-electron chi connectivity index (χ0n) is 25.9. The number of alkyl carbamates (subject to hydrolysis) is 1. The van der Waals surface area contributed by atoms with Crippen molar-refractivity contribution in [3.63, 3.8) is 0 Å². The van der Waals surface area contributed by atoms with Gasteiger partial charge in [0.25, 0.3) is 0 Å². The molecule has 0 spiro atoms. The van der Waals surface area contributed by atoms with E-state index in [1.807, 2.05) is 20.8 Å². The molecule has 4 N–H and O–H groups in total. The second-order valence-corrected chi connectivity index (χ2v) is 12.6. The van der Waals surface area contributed by atoms with E-state index < -0.39 is 23.4 Å². The molecular weight excluding hydrogens is 621 g/mol. The number of amidine groups is 1. The molecule has 4 aromatic rings. The molecule has 13 heteroatoms. The summed E-state index contributed by atoms with van der Waals surface area (Å²) in [6.07, 6.45) is 0.820. The molecule has 0 radical (unpaired) electrons. The van der Waals surface area contributed by atoms with Gasteiger partial charge < -0.3 is 25.8 Å². The molecule has 2 aromatic heterocycles. The van der Waals surface area contributed by atoms with Crippen LogP contribution in [0.2, 0.25) is 5.02 Å². The van der Waals surface area contributed by atoms with Gasteiger partial charge in [-0.1, -0.05) is 29.8 Å². The zero-order chi connectivity index (χ0) is 33.2. The third-order valence-corrected chi connectivity index (χ3v) is 7.97. The Morgan fingerprint density at radius 2 is 1.76 bits per heavy atom. The predicted molar refractivity (Wildman–Crippen MR) is 173 cm³/mol. The fraction of sp³-hybridized carbons (Fsp3) is 0.364. The van der Waals surface area contributed by atoms with Gasteiger partial charge in [-0.2, -0.15) is 18.3 Å². The van der Waals surface area contributed by atoms with E-state index in [0.29, 0.717) is 58.7 Å². The fourth-order valence-corrected chi connectivity index (χ4v) is 5.66. The molecule has 9 nitrogen and oxygen atoms in total. The lowest BCUT2D eigenvalue weighted by molar-refractivity contribution is -0.137. The van der Waals surface area contributed by atoms with Crippen LogP contribution in [0.3, 0.4) is 0 Å². The Labute approximate surface area is 269 Å². The first kappa shape index (κ1) is 32.9. The van der Waals surface area contributed by atoms with Crippen molar-refractivity contribution in [3.05, 3.63) is 77.1 Å². The summed E-state index contributed by atoms with van der Waals surface area (Å²) >= 11 is 6.34. The molecule has 0 saturated heterocycles. The molecule has 1 saturated carbocycles. The first-order chi connectivity index (χ1) is 21.7. The minimum atomic E-state index is -4.62. The number of nitrogens with zero attached hydrogens (tertiary/aromatic N) is 3.